The number of methoxy groups -OCH3 is 2. The second-order valence-electron chi connectivity index (χ2n) is 6.30. The van der Waals surface area contributed by atoms with E-state index in [-0.39, 0.29) is 37.4 Å². The van der Waals surface area contributed by atoms with Gasteiger partial charge in [-0.15, -0.1) is 0 Å². The Kier molecular flexibility index (Phi) is 20.4. The molecule has 4 N–H and O–H groups in total. The molecule has 0 aromatic carbocycles. The summed E-state index contributed by atoms with van der Waals surface area (Å²) in [6.07, 6.45) is 0.555. The van der Waals surface area contributed by atoms with Crippen molar-refractivity contribution < 1.29 is 55.1 Å². The summed E-state index contributed by atoms with van der Waals surface area (Å²) in [6.45, 7) is 1.20. The summed E-state index contributed by atoms with van der Waals surface area (Å²) >= 11 is 0. The molecular weight excluding hydrogens is 448 g/mol. The van der Waals surface area contributed by atoms with Crippen molar-refractivity contribution in [1.29, 1.82) is 0 Å². The topological polar surface area (TPSA) is 186 Å². The fourth-order valence-corrected chi connectivity index (χ4v) is 3.05. The second kappa shape index (κ2) is 19.3. The fourth-order valence-electron chi connectivity index (χ4n) is 1.92. The number of hydrogen-bond acceptors (Lipinski definition) is 10. The zero-order valence-electron chi connectivity index (χ0n) is 17.5. The third kappa shape index (κ3) is 27.6. The Morgan fingerprint density at radius 1 is 0.767 bits per heavy atom. The van der Waals surface area contributed by atoms with Gasteiger partial charge in [-0.3, -0.25) is 9.11 Å². The van der Waals surface area contributed by atoms with Gasteiger partial charge < -0.3 is 29.2 Å². The molecule has 12 nitrogen and oxygen atoms in total. The average molecular weight is 485 g/mol. The first kappa shape index (κ1) is 31.8. The van der Waals surface area contributed by atoms with Crippen LogP contribution in [0.25, 0.3) is 0 Å². The summed E-state index contributed by atoms with van der Waals surface area (Å²) in [5, 5.41) is 16.6. The van der Waals surface area contributed by atoms with E-state index in [4.69, 9.17) is 33.5 Å². The van der Waals surface area contributed by atoms with Crippen LogP contribution in [0.5, 0.6) is 0 Å². The van der Waals surface area contributed by atoms with E-state index in [1.54, 1.807) is 0 Å². The maximum Gasteiger partial charge on any atom is 0.264 e. The molecule has 0 saturated heterocycles. The van der Waals surface area contributed by atoms with E-state index >= 15 is 0 Å². The molecule has 30 heavy (non-hydrogen) atoms. The molecule has 0 spiro atoms. The minimum absolute atomic E-state index is 0.205. The number of aliphatic hydroxyl groups is 2. The Morgan fingerprint density at radius 2 is 1.27 bits per heavy atom. The van der Waals surface area contributed by atoms with E-state index in [2.05, 4.69) is 4.74 Å². The summed E-state index contributed by atoms with van der Waals surface area (Å²) in [4.78, 5) is 0. The van der Waals surface area contributed by atoms with Crippen molar-refractivity contribution in [1.82, 2.24) is 0 Å². The van der Waals surface area contributed by atoms with Crippen LogP contribution in [0.15, 0.2) is 0 Å². The van der Waals surface area contributed by atoms with Gasteiger partial charge in [-0.25, -0.2) is 0 Å². The Balaban J connectivity index is 0. The van der Waals surface area contributed by atoms with Gasteiger partial charge in [-0.2, -0.15) is 16.8 Å². The lowest BCUT2D eigenvalue weighted by molar-refractivity contribution is -0.0520. The maximum atomic E-state index is 10.5. The van der Waals surface area contributed by atoms with Crippen LogP contribution in [0, 0.1) is 0 Å². The highest BCUT2D eigenvalue weighted by Gasteiger charge is 2.10. The van der Waals surface area contributed by atoms with Crippen LogP contribution in [0.2, 0.25) is 0 Å². The molecule has 0 bridgehead atoms. The van der Waals surface area contributed by atoms with Gasteiger partial charge >= 0.3 is 0 Å². The highest BCUT2D eigenvalue weighted by molar-refractivity contribution is 7.86. The predicted molar refractivity (Wildman–Crippen MR) is 109 cm³/mol. The number of rotatable bonds is 18. The molecule has 0 aromatic heterocycles. The summed E-state index contributed by atoms with van der Waals surface area (Å²) in [6, 6.07) is 0. The van der Waals surface area contributed by atoms with Crippen molar-refractivity contribution in [2.45, 2.75) is 37.9 Å². The molecule has 14 heteroatoms. The first-order chi connectivity index (χ1) is 13.9. The Bertz CT molecular complexity index is 579. The molecule has 0 aromatic rings. The Labute approximate surface area is 179 Å². The van der Waals surface area contributed by atoms with Gasteiger partial charge in [0, 0.05) is 27.4 Å². The molecular formula is C16H36O12S2. The zero-order chi connectivity index (χ0) is 23.5. The number of unbranched alkanes of at least 4 members (excludes halogenated alkanes) is 2. The smallest absolute Gasteiger partial charge is 0.264 e. The lowest BCUT2D eigenvalue weighted by Crippen LogP contribution is -2.26. The Morgan fingerprint density at radius 3 is 1.67 bits per heavy atom. The van der Waals surface area contributed by atoms with Crippen LogP contribution in [-0.4, -0.2) is 114 Å². The third-order valence-corrected chi connectivity index (χ3v) is 4.93. The van der Waals surface area contributed by atoms with Crippen LogP contribution >= 0.6 is 0 Å². The molecule has 0 aliphatic heterocycles. The molecule has 0 aliphatic carbocycles. The van der Waals surface area contributed by atoms with Crippen molar-refractivity contribution in [2.24, 2.45) is 0 Å². The minimum atomic E-state index is -3.93. The van der Waals surface area contributed by atoms with Crippen LogP contribution in [0.1, 0.15) is 25.7 Å². The quantitative estimate of drug-likeness (QED) is 0.143. The van der Waals surface area contributed by atoms with Crippen LogP contribution < -0.4 is 0 Å². The van der Waals surface area contributed by atoms with Gasteiger partial charge in [0.2, 0.25) is 0 Å². The highest BCUT2D eigenvalue weighted by atomic mass is 32.2. The van der Waals surface area contributed by atoms with E-state index in [1.165, 1.54) is 14.2 Å². The first-order valence-electron chi connectivity index (χ1n) is 9.31. The van der Waals surface area contributed by atoms with Gasteiger partial charge in [0.25, 0.3) is 20.2 Å². The summed E-state index contributed by atoms with van der Waals surface area (Å²) < 4.78 is 79.6. The van der Waals surface area contributed by atoms with Crippen molar-refractivity contribution in [3.8, 4) is 0 Å². The fraction of sp³-hybridized carbons (Fsp3) is 1.00. The summed E-state index contributed by atoms with van der Waals surface area (Å²) in [7, 11) is -4.87. The molecule has 0 radical (unpaired) electrons. The van der Waals surface area contributed by atoms with Crippen molar-refractivity contribution in [3.05, 3.63) is 0 Å². The van der Waals surface area contributed by atoms with Crippen LogP contribution in [0.4, 0.5) is 0 Å². The van der Waals surface area contributed by atoms with E-state index in [0.717, 1.165) is 0 Å². The molecule has 0 amide bonds. The molecule has 0 rings (SSSR count). The summed E-state index contributed by atoms with van der Waals surface area (Å²) in [5.74, 6) is -0.586. The van der Waals surface area contributed by atoms with Crippen LogP contribution in [0.3, 0.4) is 0 Å². The molecule has 0 aliphatic rings. The number of hydrogen-bond donors (Lipinski definition) is 4. The molecule has 184 valence electrons. The van der Waals surface area contributed by atoms with Crippen LogP contribution in [-0.2, 0) is 39.2 Å². The largest absolute Gasteiger partial charge is 0.394 e. The van der Waals surface area contributed by atoms with E-state index < -0.39 is 26.3 Å². The molecule has 2 atom stereocenters. The normalized spacial score (nSPS) is 14.1. The second-order valence-corrected chi connectivity index (χ2v) is 9.45. The standard InChI is InChI=1S/C12H26O9S2.C4H10O3/c1-19-10-12(21-7-3-5-9-23(16,17)18)11-20-6-2-4-8-22(13,14)15;1-7-3-4(6)2-5/h12H,2-11H2,1H3,(H,13,14,15)(H,16,17,18);4-6H,2-3H2,1H3. The first-order valence-corrected chi connectivity index (χ1v) is 12.5. The number of ether oxygens (including phenoxy) is 4. The van der Waals surface area contributed by atoms with E-state index in [0.29, 0.717) is 45.5 Å². The molecule has 2 unspecified atom stereocenters. The van der Waals surface area contributed by atoms with Gasteiger partial charge in [-0.05, 0) is 25.7 Å². The van der Waals surface area contributed by atoms with Crippen molar-refractivity contribution >= 4 is 20.2 Å². The van der Waals surface area contributed by atoms with Gasteiger partial charge in [0.1, 0.15) is 12.2 Å². The lowest BCUT2D eigenvalue weighted by atomic mass is 10.3. The van der Waals surface area contributed by atoms with Crippen molar-refractivity contribution in [3.63, 3.8) is 0 Å². The molecule has 0 saturated carbocycles. The van der Waals surface area contributed by atoms with Crippen molar-refractivity contribution in [2.75, 3.05) is 65.4 Å². The van der Waals surface area contributed by atoms with Gasteiger partial charge in [-0.1, -0.05) is 0 Å². The number of aliphatic hydroxyl groups excluding tert-OH is 2. The molecule has 0 heterocycles. The third-order valence-electron chi connectivity index (χ3n) is 3.32. The SMILES string of the molecule is COCC(COCCCCS(=O)(=O)O)OCCCCS(=O)(=O)O.COCC(O)CO. The lowest BCUT2D eigenvalue weighted by Gasteiger charge is -2.17. The van der Waals surface area contributed by atoms with E-state index in [1.807, 2.05) is 0 Å². The van der Waals surface area contributed by atoms with E-state index in [9.17, 15) is 16.8 Å². The summed E-state index contributed by atoms with van der Waals surface area (Å²) in [5.41, 5.74) is 0. The maximum absolute atomic E-state index is 10.5. The molecule has 0 fully saturated rings. The minimum Gasteiger partial charge on any atom is -0.394 e. The van der Waals surface area contributed by atoms with Gasteiger partial charge in [0.15, 0.2) is 0 Å². The predicted octanol–water partition coefficient (Wildman–Crippen LogP) is -0.643. The zero-order valence-corrected chi connectivity index (χ0v) is 19.1. The highest BCUT2D eigenvalue weighted by Crippen LogP contribution is 2.01. The monoisotopic (exact) mass is 484 g/mol. The van der Waals surface area contributed by atoms with Gasteiger partial charge in [0.05, 0.1) is 37.9 Å². The average Bonchev–Trinajstić information content (AvgIpc) is 2.63. The Hall–Kier alpha value is -0.420.